The Balaban J connectivity index is 0.000000165. The number of hydrogen-bond acceptors (Lipinski definition) is 9. The summed E-state index contributed by atoms with van der Waals surface area (Å²) in [5.41, 5.74) is -8.90. The van der Waals surface area contributed by atoms with Crippen molar-refractivity contribution in [2.75, 3.05) is 11.8 Å². The topological polar surface area (TPSA) is 147 Å². The number of carbonyl (C=O) groups excluding carboxylic acids is 4. The zero-order chi connectivity index (χ0) is 43.3. The Kier molecular flexibility index (Phi) is 10.1. The van der Waals surface area contributed by atoms with Gasteiger partial charge in [-0.25, -0.2) is 8.78 Å². The maximum Gasteiger partial charge on any atom is 0.182 e. The smallest absolute Gasteiger partial charge is 0.182 e. The molecule has 0 bridgehead atoms. The normalized spacial score (nSPS) is 52.6. The maximum absolute atomic E-state index is 17.2. The lowest BCUT2D eigenvalue weighted by molar-refractivity contribution is -0.250. The molecular formula is C46H60Cl2F2O9. The van der Waals surface area contributed by atoms with Crippen LogP contribution in [-0.2, 0) is 28.7 Å². The summed E-state index contributed by atoms with van der Waals surface area (Å²) in [6, 6.07) is 0. The largest absolute Gasteiger partial charge is 0.390 e. The van der Waals surface area contributed by atoms with E-state index in [0.717, 1.165) is 11.1 Å². The summed E-state index contributed by atoms with van der Waals surface area (Å²) >= 11 is 11.9. The number of fused-ring (bicyclic) bond motifs is 12. The van der Waals surface area contributed by atoms with Crippen molar-refractivity contribution in [1.82, 2.24) is 0 Å². The predicted molar refractivity (Wildman–Crippen MR) is 216 cm³/mol. The van der Waals surface area contributed by atoms with Crippen molar-refractivity contribution < 1.29 is 52.8 Å². The van der Waals surface area contributed by atoms with Gasteiger partial charge in [-0.3, -0.25) is 19.2 Å². The van der Waals surface area contributed by atoms with Crippen molar-refractivity contribution >= 4 is 46.3 Å². The Hall–Kier alpha value is -1.86. The van der Waals surface area contributed by atoms with E-state index >= 15 is 8.78 Å². The number of alkyl halides is 4. The fourth-order valence-corrected chi connectivity index (χ4v) is 15.9. The van der Waals surface area contributed by atoms with Crippen LogP contribution in [0.25, 0.3) is 0 Å². The minimum absolute atomic E-state index is 0.0151. The lowest BCUT2D eigenvalue weighted by atomic mass is 9.44. The third-order valence-electron chi connectivity index (χ3n) is 18.3. The molecule has 9 nitrogen and oxygen atoms in total. The molecule has 0 amide bonds. The van der Waals surface area contributed by atoms with Gasteiger partial charge in [0.25, 0.3) is 0 Å². The lowest BCUT2D eigenvalue weighted by Crippen LogP contribution is -2.70. The van der Waals surface area contributed by atoms with Crippen LogP contribution in [0.2, 0.25) is 0 Å². The molecule has 0 aromatic carbocycles. The molecule has 1 saturated heterocycles. The number of halogens is 4. The van der Waals surface area contributed by atoms with E-state index < -0.39 is 85.9 Å². The highest BCUT2D eigenvalue weighted by Gasteiger charge is 2.80. The van der Waals surface area contributed by atoms with E-state index in [2.05, 4.69) is 0 Å². The van der Waals surface area contributed by atoms with Gasteiger partial charge < -0.3 is 24.8 Å². The van der Waals surface area contributed by atoms with Crippen molar-refractivity contribution in [3.63, 3.8) is 0 Å². The third-order valence-corrected chi connectivity index (χ3v) is 18.8. The molecular weight excluding hydrogens is 805 g/mol. The van der Waals surface area contributed by atoms with Gasteiger partial charge in [0.05, 0.1) is 30.1 Å². The number of allylic oxidation sites excluding steroid dienone is 5. The standard InChI is InChI=1S/C24H32ClFO5.C22H28ClFO4/c1-20(2)30-19-10-16-15-6-5-13-9-14(27)7-8-21(13,3)23(15,26)17(28)11-22(16,4)24(19,31-20)18(29)12-25;1-12-8-16-15-5-4-13-9-14(25)6-7-19(13,2)21(15,24)17(26)10-20(16,3)22(12,28)18(27)11-23/h9,15-17,19,28H,5-8,10-12H2,1-4H3;6-7,9,12,15-17,26,28H,4-5,8,10-11H2,1-3H3/t15-,16-,17-,19+,21-,22-,23-,24+;12-,15-,16-,17-,19-,20-,21-,22-/m00/s1. The maximum atomic E-state index is 17.2. The molecule has 16 atom stereocenters. The Labute approximate surface area is 355 Å². The first-order valence-electron chi connectivity index (χ1n) is 21.5. The van der Waals surface area contributed by atoms with Gasteiger partial charge in [0.1, 0.15) is 11.3 Å². The molecule has 0 aromatic heterocycles. The van der Waals surface area contributed by atoms with Crippen LogP contribution in [-0.4, -0.2) is 96.9 Å². The van der Waals surface area contributed by atoms with Crippen molar-refractivity contribution in [1.29, 1.82) is 0 Å². The molecule has 1 aliphatic heterocycles. The van der Waals surface area contributed by atoms with Crippen LogP contribution in [0.3, 0.4) is 0 Å². The van der Waals surface area contributed by atoms with Gasteiger partial charge in [0.2, 0.25) is 0 Å². The monoisotopic (exact) mass is 864 g/mol. The second-order valence-corrected chi connectivity index (χ2v) is 21.5. The average Bonchev–Trinajstić information content (AvgIpc) is 3.67. The molecule has 8 aliphatic carbocycles. The van der Waals surface area contributed by atoms with Crippen LogP contribution < -0.4 is 0 Å². The highest BCUT2D eigenvalue weighted by atomic mass is 35.5. The van der Waals surface area contributed by atoms with Gasteiger partial charge in [-0.1, -0.05) is 44.9 Å². The molecule has 0 radical (unpaired) electrons. The molecule has 6 saturated carbocycles. The number of Topliss-reactive ketones (excluding diaryl/α,β-unsaturated/α-hetero) is 2. The van der Waals surface area contributed by atoms with Gasteiger partial charge in [-0.2, -0.15) is 0 Å². The van der Waals surface area contributed by atoms with Crippen LogP contribution in [0.1, 0.15) is 113 Å². The number of aliphatic hydroxyl groups excluding tert-OH is 2. The fraction of sp³-hybridized carbons (Fsp3) is 0.783. The quantitative estimate of drug-likeness (QED) is 0.254. The van der Waals surface area contributed by atoms with Gasteiger partial charge in [-0.15, -0.1) is 23.2 Å². The summed E-state index contributed by atoms with van der Waals surface area (Å²) < 4.78 is 46.6. The summed E-state index contributed by atoms with van der Waals surface area (Å²) in [5, 5.41) is 34.0. The number of ketones is 4. The molecule has 3 N–H and O–H groups in total. The van der Waals surface area contributed by atoms with E-state index in [1.165, 1.54) is 12.2 Å². The summed E-state index contributed by atoms with van der Waals surface area (Å²) in [6.07, 6.45) is 6.96. The Morgan fingerprint density at radius 2 is 1.37 bits per heavy atom. The average molecular weight is 866 g/mol. The van der Waals surface area contributed by atoms with Gasteiger partial charge in [0, 0.05) is 39.9 Å². The van der Waals surface area contributed by atoms with Gasteiger partial charge in [-0.05, 0) is 115 Å². The second kappa shape index (κ2) is 13.6. The molecule has 326 valence electrons. The highest BCUT2D eigenvalue weighted by molar-refractivity contribution is 6.29. The molecule has 0 aromatic rings. The minimum atomic E-state index is -1.95. The van der Waals surface area contributed by atoms with E-state index in [0.29, 0.717) is 51.4 Å². The van der Waals surface area contributed by atoms with E-state index in [-0.39, 0.29) is 59.7 Å². The van der Waals surface area contributed by atoms with E-state index in [9.17, 15) is 34.5 Å². The zero-order valence-corrected chi connectivity index (χ0v) is 36.7. The van der Waals surface area contributed by atoms with Crippen LogP contribution in [0.15, 0.2) is 35.5 Å². The predicted octanol–water partition coefficient (Wildman–Crippen LogP) is 7.03. The Bertz CT molecular complexity index is 1970. The number of carbonyl (C=O) groups is 4. The summed E-state index contributed by atoms with van der Waals surface area (Å²) in [6.45, 7) is 12.8. The Morgan fingerprint density at radius 3 is 2.02 bits per heavy atom. The first kappa shape index (κ1) is 43.8. The van der Waals surface area contributed by atoms with Gasteiger partial charge >= 0.3 is 0 Å². The summed E-state index contributed by atoms with van der Waals surface area (Å²) in [4.78, 5) is 49.8. The first-order chi connectivity index (χ1) is 27.3. The molecule has 1 heterocycles. The second-order valence-electron chi connectivity index (χ2n) is 21.0. The third kappa shape index (κ3) is 5.24. The fourth-order valence-electron chi connectivity index (χ4n) is 15.5. The molecule has 0 spiro atoms. The van der Waals surface area contributed by atoms with Crippen LogP contribution in [0.4, 0.5) is 8.78 Å². The van der Waals surface area contributed by atoms with Crippen molar-refractivity contribution in [3.8, 4) is 0 Å². The van der Waals surface area contributed by atoms with Gasteiger partial charge in [0.15, 0.2) is 40.2 Å². The lowest BCUT2D eigenvalue weighted by Gasteiger charge is -2.63. The summed E-state index contributed by atoms with van der Waals surface area (Å²) in [7, 11) is 0. The SMILES string of the molecule is CC1(C)O[C@@H]2C[C@H]3[C@@H]4CCC5=CC(=O)CC[C@]5(C)[C@@]4(F)[C@@H](O)C[C@]3(C)[C@]2(C(=O)CCl)O1.C[C@H]1C[C@H]2[C@@H]3CCC4=CC(=O)C=C[C@]4(C)[C@@]3(F)[C@@H](O)C[C@]2(C)[C@@]1(O)C(=O)CCl. The van der Waals surface area contributed by atoms with Crippen molar-refractivity contribution in [2.45, 2.75) is 159 Å². The Morgan fingerprint density at radius 1 is 0.797 bits per heavy atom. The summed E-state index contributed by atoms with van der Waals surface area (Å²) in [5.74, 6) is -4.05. The minimum Gasteiger partial charge on any atom is -0.390 e. The molecule has 59 heavy (non-hydrogen) atoms. The number of aliphatic hydroxyl groups is 3. The first-order valence-corrected chi connectivity index (χ1v) is 22.6. The number of rotatable bonds is 4. The number of hydrogen-bond donors (Lipinski definition) is 3. The van der Waals surface area contributed by atoms with Crippen molar-refractivity contribution in [3.05, 3.63) is 35.5 Å². The van der Waals surface area contributed by atoms with E-state index in [1.54, 1.807) is 32.9 Å². The molecule has 13 heteroatoms. The molecule has 9 rings (SSSR count). The van der Waals surface area contributed by atoms with Crippen LogP contribution in [0.5, 0.6) is 0 Å². The van der Waals surface area contributed by atoms with E-state index in [1.807, 2.05) is 27.7 Å². The zero-order valence-electron chi connectivity index (χ0n) is 35.2. The number of ether oxygens (including phenoxy) is 2. The highest BCUT2D eigenvalue weighted by Crippen LogP contribution is 2.74. The molecule has 0 unspecified atom stereocenters. The molecule has 9 aliphatic rings. The van der Waals surface area contributed by atoms with E-state index in [4.69, 9.17) is 32.7 Å². The van der Waals surface area contributed by atoms with Crippen molar-refractivity contribution in [2.24, 2.45) is 51.2 Å². The van der Waals surface area contributed by atoms with Crippen LogP contribution >= 0.6 is 23.2 Å². The molecule has 7 fully saturated rings. The van der Waals surface area contributed by atoms with Crippen LogP contribution in [0, 0.1) is 51.2 Å².